The maximum absolute atomic E-state index is 12.5. The maximum Gasteiger partial charge on any atom is 0.258 e. The summed E-state index contributed by atoms with van der Waals surface area (Å²) in [5.41, 5.74) is 1.43. The summed E-state index contributed by atoms with van der Waals surface area (Å²) in [7, 11) is 0. The van der Waals surface area contributed by atoms with Gasteiger partial charge in [0, 0.05) is 5.02 Å². The van der Waals surface area contributed by atoms with E-state index in [1.807, 2.05) is 55.1 Å². The SMILES string of the molecule is CCN(CC(=O)NC(C)c1cccc(Cl)c1)Cc1nc2ccccc2c(=O)[nH]1. The maximum atomic E-state index is 12.5. The van der Waals surface area contributed by atoms with Gasteiger partial charge in [-0.25, -0.2) is 4.98 Å². The van der Waals surface area contributed by atoms with E-state index >= 15 is 0 Å². The minimum atomic E-state index is -0.171. The number of carbonyl (C=O) groups is 1. The van der Waals surface area contributed by atoms with Crippen LogP contribution in [0.2, 0.25) is 5.02 Å². The van der Waals surface area contributed by atoms with E-state index in [1.165, 1.54) is 0 Å². The molecule has 146 valence electrons. The highest BCUT2D eigenvalue weighted by Gasteiger charge is 2.15. The van der Waals surface area contributed by atoms with Crippen LogP contribution in [0.5, 0.6) is 0 Å². The van der Waals surface area contributed by atoms with Crippen molar-refractivity contribution in [2.75, 3.05) is 13.1 Å². The van der Waals surface area contributed by atoms with E-state index in [4.69, 9.17) is 11.6 Å². The zero-order valence-electron chi connectivity index (χ0n) is 15.9. The van der Waals surface area contributed by atoms with E-state index < -0.39 is 0 Å². The van der Waals surface area contributed by atoms with Gasteiger partial charge in [0.25, 0.3) is 5.56 Å². The highest BCUT2D eigenvalue weighted by Crippen LogP contribution is 2.17. The Morgan fingerprint density at radius 1 is 1.25 bits per heavy atom. The number of H-pyrrole nitrogens is 1. The topological polar surface area (TPSA) is 78.1 Å². The van der Waals surface area contributed by atoms with Gasteiger partial charge in [-0.2, -0.15) is 0 Å². The number of aromatic amines is 1. The van der Waals surface area contributed by atoms with E-state index in [1.54, 1.807) is 12.1 Å². The van der Waals surface area contributed by atoms with Gasteiger partial charge in [-0.15, -0.1) is 0 Å². The minimum absolute atomic E-state index is 0.0996. The third-order valence-electron chi connectivity index (χ3n) is 4.58. The minimum Gasteiger partial charge on any atom is -0.348 e. The fourth-order valence-electron chi connectivity index (χ4n) is 3.05. The molecule has 1 atom stereocenters. The fourth-order valence-corrected chi connectivity index (χ4v) is 3.25. The van der Waals surface area contributed by atoms with Crippen LogP contribution in [0.15, 0.2) is 53.3 Å². The van der Waals surface area contributed by atoms with Crippen LogP contribution in [0, 0.1) is 0 Å². The second kappa shape index (κ2) is 8.99. The molecule has 0 saturated heterocycles. The standard InChI is InChI=1S/C21H23ClN4O2/c1-3-26(12-19-24-18-10-5-4-9-17(18)21(28)25-19)13-20(27)23-14(2)15-7-6-8-16(22)11-15/h4-11,14H,3,12-13H2,1-2H3,(H,23,27)(H,24,25,28). The molecular weight excluding hydrogens is 376 g/mol. The first kappa shape index (κ1) is 20.0. The van der Waals surface area contributed by atoms with Gasteiger partial charge >= 0.3 is 0 Å². The number of carbonyl (C=O) groups excluding carboxylic acids is 1. The number of para-hydroxylation sites is 1. The van der Waals surface area contributed by atoms with Crippen molar-refractivity contribution >= 4 is 28.4 Å². The number of amides is 1. The smallest absolute Gasteiger partial charge is 0.258 e. The normalized spacial score (nSPS) is 12.3. The van der Waals surface area contributed by atoms with Crippen LogP contribution in [0.3, 0.4) is 0 Å². The van der Waals surface area contributed by atoms with Crippen molar-refractivity contribution in [3.05, 3.63) is 75.3 Å². The first-order valence-corrected chi connectivity index (χ1v) is 9.59. The summed E-state index contributed by atoms with van der Waals surface area (Å²) >= 11 is 6.02. The van der Waals surface area contributed by atoms with Crippen molar-refractivity contribution in [3.8, 4) is 0 Å². The molecule has 28 heavy (non-hydrogen) atoms. The Labute approximate surface area is 168 Å². The molecule has 0 bridgehead atoms. The van der Waals surface area contributed by atoms with Gasteiger partial charge in [0.15, 0.2) is 0 Å². The molecule has 0 aliphatic rings. The van der Waals surface area contributed by atoms with E-state index in [9.17, 15) is 9.59 Å². The molecule has 2 N–H and O–H groups in total. The third kappa shape index (κ3) is 4.97. The highest BCUT2D eigenvalue weighted by atomic mass is 35.5. The molecule has 0 saturated carbocycles. The predicted molar refractivity (Wildman–Crippen MR) is 111 cm³/mol. The lowest BCUT2D eigenvalue weighted by Crippen LogP contribution is -2.38. The molecule has 1 heterocycles. The first-order valence-electron chi connectivity index (χ1n) is 9.21. The number of aromatic nitrogens is 2. The number of hydrogen-bond donors (Lipinski definition) is 2. The highest BCUT2D eigenvalue weighted by molar-refractivity contribution is 6.30. The van der Waals surface area contributed by atoms with E-state index in [2.05, 4.69) is 15.3 Å². The first-order chi connectivity index (χ1) is 13.5. The van der Waals surface area contributed by atoms with Crippen molar-refractivity contribution in [2.24, 2.45) is 0 Å². The van der Waals surface area contributed by atoms with Gasteiger partial charge in [-0.05, 0) is 43.3 Å². The zero-order chi connectivity index (χ0) is 20.1. The molecule has 1 aromatic heterocycles. The Kier molecular flexibility index (Phi) is 6.44. The summed E-state index contributed by atoms with van der Waals surface area (Å²) in [4.78, 5) is 33.9. The fraction of sp³-hybridized carbons (Fsp3) is 0.286. The van der Waals surface area contributed by atoms with Crippen LogP contribution in [0.4, 0.5) is 0 Å². The predicted octanol–water partition coefficient (Wildman–Crippen LogP) is 3.28. The Balaban J connectivity index is 1.65. The van der Waals surface area contributed by atoms with Crippen LogP contribution in [-0.2, 0) is 11.3 Å². The summed E-state index contributed by atoms with van der Waals surface area (Å²) in [6.07, 6.45) is 0. The summed E-state index contributed by atoms with van der Waals surface area (Å²) < 4.78 is 0. The van der Waals surface area contributed by atoms with Gasteiger partial charge in [-0.1, -0.05) is 42.8 Å². The average molecular weight is 399 g/mol. The molecule has 1 unspecified atom stereocenters. The van der Waals surface area contributed by atoms with Gasteiger partial charge in [0.05, 0.1) is 30.0 Å². The lowest BCUT2D eigenvalue weighted by atomic mass is 10.1. The van der Waals surface area contributed by atoms with E-state index in [-0.39, 0.29) is 24.1 Å². The number of rotatable bonds is 7. The lowest BCUT2D eigenvalue weighted by Gasteiger charge is -2.21. The molecule has 1 amide bonds. The number of hydrogen-bond acceptors (Lipinski definition) is 4. The van der Waals surface area contributed by atoms with Crippen molar-refractivity contribution in [1.29, 1.82) is 0 Å². The quantitative estimate of drug-likeness (QED) is 0.640. The second-order valence-corrected chi connectivity index (χ2v) is 7.11. The Hall–Kier alpha value is -2.70. The average Bonchev–Trinajstić information content (AvgIpc) is 2.67. The second-order valence-electron chi connectivity index (χ2n) is 6.68. The molecule has 2 aromatic carbocycles. The summed E-state index contributed by atoms with van der Waals surface area (Å²) in [5.74, 6) is 0.443. The van der Waals surface area contributed by atoms with Crippen LogP contribution >= 0.6 is 11.6 Å². The molecule has 0 spiro atoms. The lowest BCUT2D eigenvalue weighted by molar-refractivity contribution is -0.123. The van der Waals surface area contributed by atoms with Crippen LogP contribution in [0.1, 0.15) is 31.3 Å². The number of nitrogens with zero attached hydrogens (tertiary/aromatic N) is 2. The third-order valence-corrected chi connectivity index (χ3v) is 4.81. The largest absolute Gasteiger partial charge is 0.348 e. The van der Waals surface area contributed by atoms with Gasteiger partial charge < -0.3 is 10.3 Å². The Morgan fingerprint density at radius 3 is 2.79 bits per heavy atom. The van der Waals surface area contributed by atoms with Gasteiger partial charge in [0.2, 0.25) is 5.91 Å². The number of fused-ring (bicyclic) bond motifs is 1. The van der Waals surface area contributed by atoms with Crippen LogP contribution < -0.4 is 10.9 Å². The number of nitrogens with one attached hydrogen (secondary N) is 2. The molecule has 0 aliphatic heterocycles. The molecule has 0 radical (unpaired) electrons. The number of halogens is 1. The molecule has 0 aliphatic carbocycles. The molecule has 0 fully saturated rings. The van der Waals surface area contributed by atoms with Crippen molar-refractivity contribution in [2.45, 2.75) is 26.4 Å². The van der Waals surface area contributed by atoms with Gasteiger partial charge in [-0.3, -0.25) is 14.5 Å². The van der Waals surface area contributed by atoms with Crippen molar-refractivity contribution in [1.82, 2.24) is 20.2 Å². The van der Waals surface area contributed by atoms with Crippen LogP contribution in [0.25, 0.3) is 10.9 Å². The summed E-state index contributed by atoms with van der Waals surface area (Å²) in [6, 6.07) is 14.5. The van der Waals surface area contributed by atoms with Crippen molar-refractivity contribution < 1.29 is 4.79 Å². The molecule has 3 rings (SSSR count). The van der Waals surface area contributed by atoms with Crippen molar-refractivity contribution in [3.63, 3.8) is 0 Å². The Bertz CT molecular complexity index is 1030. The zero-order valence-corrected chi connectivity index (χ0v) is 16.7. The van der Waals surface area contributed by atoms with E-state index in [0.717, 1.165) is 5.56 Å². The molecular formula is C21H23ClN4O2. The Morgan fingerprint density at radius 2 is 2.04 bits per heavy atom. The summed E-state index contributed by atoms with van der Waals surface area (Å²) in [6.45, 7) is 5.12. The van der Waals surface area contributed by atoms with E-state index in [0.29, 0.717) is 34.8 Å². The number of likely N-dealkylation sites (N-methyl/N-ethyl adjacent to an activating group) is 1. The monoisotopic (exact) mass is 398 g/mol. The van der Waals surface area contributed by atoms with Crippen LogP contribution in [-0.4, -0.2) is 33.9 Å². The summed E-state index contributed by atoms with van der Waals surface area (Å²) in [5, 5.41) is 4.18. The number of benzene rings is 2. The molecule has 6 nitrogen and oxygen atoms in total. The molecule has 3 aromatic rings. The van der Waals surface area contributed by atoms with Gasteiger partial charge in [0.1, 0.15) is 5.82 Å². The molecule has 7 heteroatoms.